The lowest BCUT2D eigenvalue weighted by Crippen LogP contribution is -1.97. The summed E-state index contributed by atoms with van der Waals surface area (Å²) >= 11 is 0. The van der Waals surface area contributed by atoms with Crippen molar-refractivity contribution in [3.63, 3.8) is 0 Å². The third-order valence-corrected chi connectivity index (χ3v) is 3.49. The summed E-state index contributed by atoms with van der Waals surface area (Å²) in [5.74, 6) is 4.21. The second kappa shape index (κ2) is 6.83. The lowest BCUT2D eigenvalue weighted by atomic mass is 10.0. The zero-order valence-corrected chi connectivity index (χ0v) is 13.6. The second-order valence-corrected chi connectivity index (χ2v) is 6.22. The molecule has 0 aliphatic heterocycles. The van der Waals surface area contributed by atoms with Gasteiger partial charge in [0.1, 0.15) is 5.82 Å². The number of H-pyrrole nitrogens is 1. The monoisotopic (exact) mass is 291 g/mol. The molecule has 2 heterocycles. The van der Waals surface area contributed by atoms with Crippen LogP contribution in [-0.2, 0) is 6.42 Å². The molecule has 1 atom stereocenters. The standard InChI is InChI=1S/C15H25N5O/c1-9(2)13-16-12(17-18-13)8-6-7-11(5)15-20-19-14(21-15)10(3)4/h9-11H,6-8H2,1-5H3,(H,16,17,18). The van der Waals surface area contributed by atoms with E-state index >= 15 is 0 Å². The number of aromatic amines is 1. The number of nitrogens with zero attached hydrogens (tertiary/aromatic N) is 4. The van der Waals surface area contributed by atoms with Crippen molar-refractivity contribution in [3.05, 3.63) is 23.4 Å². The van der Waals surface area contributed by atoms with Gasteiger partial charge >= 0.3 is 0 Å². The average Bonchev–Trinajstić information content (AvgIpc) is 3.07. The molecule has 1 unspecified atom stereocenters. The van der Waals surface area contributed by atoms with Crippen molar-refractivity contribution in [2.45, 2.75) is 71.6 Å². The Hall–Kier alpha value is -1.72. The zero-order valence-electron chi connectivity index (χ0n) is 13.6. The predicted octanol–water partition coefficient (Wildman–Crippen LogP) is 3.56. The van der Waals surface area contributed by atoms with Crippen molar-refractivity contribution in [2.24, 2.45) is 0 Å². The first kappa shape index (κ1) is 15.7. The first-order valence-corrected chi connectivity index (χ1v) is 7.71. The van der Waals surface area contributed by atoms with Gasteiger partial charge in [0.05, 0.1) is 0 Å². The molecule has 6 nitrogen and oxygen atoms in total. The smallest absolute Gasteiger partial charge is 0.219 e. The predicted molar refractivity (Wildman–Crippen MR) is 80.2 cm³/mol. The molecule has 0 saturated carbocycles. The average molecular weight is 291 g/mol. The van der Waals surface area contributed by atoms with E-state index in [2.05, 4.69) is 60.0 Å². The van der Waals surface area contributed by atoms with Crippen molar-refractivity contribution in [2.75, 3.05) is 0 Å². The van der Waals surface area contributed by atoms with Crippen LogP contribution in [0.5, 0.6) is 0 Å². The largest absolute Gasteiger partial charge is 0.425 e. The van der Waals surface area contributed by atoms with Gasteiger partial charge < -0.3 is 4.42 Å². The number of aromatic nitrogens is 5. The number of hydrogen-bond acceptors (Lipinski definition) is 5. The minimum atomic E-state index is 0.275. The van der Waals surface area contributed by atoms with Gasteiger partial charge in [0, 0.05) is 24.2 Å². The van der Waals surface area contributed by atoms with E-state index in [4.69, 9.17) is 4.42 Å². The second-order valence-electron chi connectivity index (χ2n) is 6.22. The van der Waals surface area contributed by atoms with Gasteiger partial charge in [-0.3, -0.25) is 5.10 Å². The van der Waals surface area contributed by atoms with E-state index in [0.29, 0.717) is 11.8 Å². The summed E-state index contributed by atoms with van der Waals surface area (Å²) in [5, 5.41) is 15.4. The van der Waals surface area contributed by atoms with Crippen molar-refractivity contribution in [1.29, 1.82) is 0 Å². The van der Waals surface area contributed by atoms with Crippen molar-refractivity contribution >= 4 is 0 Å². The number of nitrogens with one attached hydrogen (secondary N) is 1. The van der Waals surface area contributed by atoms with Crippen LogP contribution in [-0.4, -0.2) is 25.4 Å². The minimum Gasteiger partial charge on any atom is -0.425 e. The molecule has 0 radical (unpaired) electrons. The van der Waals surface area contributed by atoms with Gasteiger partial charge in [-0.25, -0.2) is 4.98 Å². The molecule has 2 aromatic heterocycles. The summed E-state index contributed by atoms with van der Waals surface area (Å²) in [7, 11) is 0. The van der Waals surface area contributed by atoms with Crippen molar-refractivity contribution < 1.29 is 4.42 Å². The Labute approximate surface area is 125 Å². The van der Waals surface area contributed by atoms with Crippen LogP contribution in [0.25, 0.3) is 0 Å². The first-order valence-electron chi connectivity index (χ1n) is 7.71. The first-order chi connectivity index (χ1) is 9.97. The van der Waals surface area contributed by atoms with Crippen LogP contribution in [0.15, 0.2) is 4.42 Å². The summed E-state index contributed by atoms with van der Waals surface area (Å²) in [6.45, 7) is 10.4. The molecule has 116 valence electrons. The molecule has 0 aliphatic carbocycles. The Morgan fingerprint density at radius 1 is 1.00 bits per heavy atom. The van der Waals surface area contributed by atoms with E-state index in [1.807, 2.05) is 0 Å². The van der Waals surface area contributed by atoms with Gasteiger partial charge in [-0.05, 0) is 12.8 Å². The highest BCUT2D eigenvalue weighted by atomic mass is 16.4. The lowest BCUT2D eigenvalue weighted by Gasteiger charge is -2.05. The molecule has 0 aromatic carbocycles. The van der Waals surface area contributed by atoms with Crippen molar-refractivity contribution in [3.8, 4) is 0 Å². The van der Waals surface area contributed by atoms with Gasteiger partial charge in [-0.15, -0.1) is 10.2 Å². The molecule has 6 heteroatoms. The highest BCUT2D eigenvalue weighted by Crippen LogP contribution is 2.22. The number of hydrogen-bond donors (Lipinski definition) is 1. The topological polar surface area (TPSA) is 80.5 Å². The van der Waals surface area contributed by atoms with Crippen LogP contribution in [0, 0.1) is 0 Å². The number of aryl methyl sites for hydroxylation is 1. The van der Waals surface area contributed by atoms with Gasteiger partial charge in [0.15, 0.2) is 5.82 Å². The van der Waals surface area contributed by atoms with E-state index in [1.54, 1.807) is 0 Å². The maximum absolute atomic E-state index is 5.69. The normalized spacial score (nSPS) is 13.3. The van der Waals surface area contributed by atoms with Crippen LogP contribution in [0.4, 0.5) is 0 Å². The molecular formula is C15H25N5O. The molecule has 0 amide bonds. The molecule has 0 spiro atoms. The van der Waals surface area contributed by atoms with Gasteiger partial charge in [-0.2, -0.15) is 5.10 Å². The van der Waals surface area contributed by atoms with E-state index in [9.17, 15) is 0 Å². The molecule has 21 heavy (non-hydrogen) atoms. The van der Waals surface area contributed by atoms with Gasteiger partial charge in [0.2, 0.25) is 11.8 Å². The van der Waals surface area contributed by atoms with Gasteiger partial charge in [-0.1, -0.05) is 34.6 Å². The Morgan fingerprint density at radius 3 is 2.29 bits per heavy atom. The van der Waals surface area contributed by atoms with Crippen LogP contribution in [0.2, 0.25) is 0 Å². The number of rotatable bonds is 7. The van der Waals surface area contributed by atoms with Crippen LogP contribution < -0.4 is 0 Å². The SMILES string of the molecule is CC(C)c1n[nH]c(CCCC(C)c2nnc(C(C)C)o2)n1. The van der Waals surface area contributed by atoms with E-state index in [0.717, 1.165) is 36.8 Å². The zero-order chi connectivity index (χ0) is 15.4. The molecule has 0 bridgehead atoms. The maximum atomic E-state index is 5.69. The van der Waals surface area contributed by atoms with Crippen LogP contribution >= 0.6 is 0 Å². The fraction of sp³-hybridized carbons (Fsp3) is 0.733. The van der Waals surface area contributed by atoms with Crippen molar-refractivity contribution in [1.82, 2.24) is 25.4 Å². The molecule has 2 aromatic rings. The summed E-state index contributed by atoms with van der Waals surface area (Å²) in [4.78, 5) is 4.49. The summed E-state index contributed by atoms with van der Waals surface area (Å²) in [6, 6.07) is 0. The molecule has 1 N–H and O–H groups in total. The Kier molecular flexibility index (Phi) is 5.09. The van der Waals surface area contributed by atoms with Crippen LogP contribution in [0.3, 0.4) is 0 Å². The highest BCUT2D eigenvalue weighted by Gasteiger charge is 2.16. The van der Waals surface area contributed by atoms with E-state index in [-0.39, 0.29) is 11.8 Å². The summed E-state index contributed by atoms with van der Waals surface area (Å²) < 4.78 is 5.69. The maximum Gasteiger partial charge on any atom is 0.219 e. The summed E-state index contributed by atoms with van der Waals surface area (Å²) in [5.41, 5.74) is 0. The molecule has 0 aliphatic rings. The molecule has 0 saturated heterocycles. The third kappa shape index (κ3) is 4.12. The van der Waals surface area contributed by atoms with E-state index < -0.39 is 0 Å². The van der Waals surface area contributed by atoms with Gasteiger partial charge in [0.25, 0.3) is 0 Å². The quantitative estimate of drug-likeness (QED) is 0.843. The Balaban J connectivity index is 1.81. The fourth-order valence-corrected chi connectivity index (χ4v) is 2.06. The third-order valence-electron chi connectivity index (χ3n) is 3.49. The summed E-state index contributed by atoms with van der Waals surface area (Å²) in [6.07, 6.45) is 2.92. The van der Waals surface area contributed by atoms with Crippen LogP contribution in [0.1, 0.15) is 88.6 Å². The highest BCUT2D eigenvalue weighted by molar-refractivity contribution is 4.96. The molecular weight excluding hydrogens is 266 g/mol. The van der Waals surface area contributed by atoms with E-state index in [1.165, 1.54) is 0 Å². The lowest BCUT2D eigenvalue weighted by molar-refractivity contribution is 0.398. The fourth-order valence-electron chi connectivity index (χ4n) is 2.06. The Bertz CT molecular complexity index is 558. The molecule has 0 fully saturated rings. The minimum absolute atomic E-state index is 0.275. The Morgan fingerprint density at radius 2 is 1.71 bits per heavy atom. The molecule has 2 rings (SSSR count).